The number of nitro benzene ring substituents is 2. The van der Waals surface area contributed by atoms with Gasteiger partial charge in [0.25, 0.3) is 5.69 Å². The molecule has 0 saturated heterocycles. The molecule has 108 valence electrons. The lowest BCUT2D eigenvalue weighted by atomic mass is 10.2. The van der Waals surface area contributed by atoms with Crippen molar-refractivity contribution in [3.05, 3.63) is 55.9 Å². The number of nitro groups is 2. The summed E-state index contributed by atoms with van der Waals surface area (Å²) >= 11 is 0. The molecule has 21 heavy (non-hydrogen) atoms. The lowest BCUT2D eigenvalue weighted by Gasteiger charge is -2.02. The third-order valence-corrected chi connectivity index (χ3v) is 2.74. The van der Waals surface area contributed by atoms with Gasteiger partial charge in [0, 0.05) is 12.3 Å². The summed E-state index contributed by atoms with van der Waals surface area (Å²) in [6.45, 7) is 1.44. The number of hydrogen-bond acceptors (Lipinski definition) is 6. The Morgan fingerprint density at radius 3 is 2.43 bits per heavy atom. The third-order valence-electron chi connectivity index (χ3n) is 2.74. The zero-order valence-electron chi connectivity index (χ0n) is 10.6. The molecule has 0 aliphatic heterocycles. The van der Waals surface area contributed by atoms with Gasteiger partial charge in [0.2, 0.25) is 0 Å². The molecule has 0 unspecified atom stereocenters. The molecule has 0 radical (unpaired) electrons. The van der Waals surface area contributed by atoms with Crippen molar-refractivity contribution in [3.63, 3.8) is 0 Å². The van der Waals surface area contributed by atoms with Crippen LogP contribution in [0.2, 0.25) is 0 Å². The second-order valence-electron chi connectivity index (χ2n) is 4.07. The monoisotopic (exact) mass is 292 g/mol. The van der Waals surface area contributed by atoms with E-state index >= 15 is 0 Å². The van der Waals surface area contributed by atoms with Gasteiger partial charge in [-0.2, -0.15) is 5.10 Å². The Kier molecular flexibility index (Phi) is 3.36. The largest absolute Gasteiger partial charge is 0.478 e. The second kappa shape index (κ2) is 5.00. The molecule has 0 bridgehead atoms. The molecule has 1 N–H and O–H groups in total. The van der Waals surface area contributed by atoms with Crippen molar-refractivity contribution in [2.24, 2.45) is 0 Å². The van der Waals surface area contributed by atoms with Crippen LogP contribution in [0.25, 0.3) is 5.69 Å². The molecule has 1 aromatic carbocycles. The maximum Gasteiger partial charge on any atom is 0.339 e. The molecule has 0 aliphatic rings. The normalized spacial score (nSPS) is 10.3. The van der Waals surface area contributed by atoms with Crippen molar-refractivity contribution in [2.75, 3.05) is 0 Å². The van der Waals surface area contributed by atoms with Crippen LogP contribution >= 0.6 is 0 Å². The van der Waals surface area contributed by atoms with E-state index in [4.69, 9.17) is 5.11 Å². The number of carboxylic acids is 1. The zero-order chi connectivity index (χ0) is 15.7. The molecule has 0 saturated carbocycles. The first-order chi connectivity index (χ1) is 9.81. The quantitative estimate of drug-likeness (QED) is 0.667. The van der Waals surface area contributed by atoms with E-state index in [1.54, 1.807) is 0 Å². The lowest BCUT2D eigenvalue weighted by Crippen LogP contribution is -2.02. The summed E-state index contributed by atoms with van der Waals surface area (Å²) in [5.41, 5.74) is -0.963. The fraction of sp³-hybridized carbons (Fsp3) is 0.0909. The summed E-state index contributed by atoms with van der Waals surface area (Å²) in [7, 11) is 0. The van der Waals surface area contributed by atoms with Crippen LogP contribution in [0.4, 0.5) is 11.4 Å². The Morgan fingerprint density at radius 1 is 1.29 bits per heavy atom. The highest BCUT2D eigenvalue weighted by molar-refractivity contribution is 5.88. The molecule has 0 fully saturated rings. The molecule has 2 aromatic rings. The Labute approximate surface area is 116 Å². The highest BCUT2D eigenvalue weighted by atomic mass is 16.6. The van der Waals surface area contributed by atoms with E-state index < -0.39 is 27.2 Å². The second-order valence-corrected chi connectivity index (χ2v) is 4.07. The van der Waals surface area contributed by atoms with Crippen LogP contribution in [-0.4, -0.2) is 30.7 Å². The molecular weight excluding hydrogens is 284 g/mol. The smallest absolute Gasteiger partial charge is 0.339 e. The van der Waals surface area contributed by atoms with Crippen molar-refractivity contribution < 1.29 is 19.7 Å². The Hall–Kier alpha value is -3.30. The van der Waals surface area contributed by atoms with Crippen molar-refractivity contribution in [1.82, 2.24) is 9.78 Å². The Bertz CT molecular complexity index is 766. The molecule has 2 rings (SSSR count). The maximum atomic E-state index is 11.0. The molecular formula is C11H8N4O6. The van der Waals surface area contributed by atoms with Gasteiger partial charge in [-0.3, -0.25) is 20.2 Å². The number of aromatic carboxylic acids is 1. The van der Waals surface area contributed by atoms with Crippen molar-refractivity contribution in [2.45, 2.75) is 6.92 Å². The summed E-state index contributed by atoms with van der Waals surface area (Å²) in [4.78, 5) is 31.1. The number of non-ortho nitro benzene ring substituents is 1. The van der Waals surface area contributed by atoms with Crippen LogP contribution in [0.1, 0.15) is 16.1 Å². The van der Waals surface area contributed by atoms with Crippen LogP contribution < -0.4 is 0 Å². The minimum absolute atomic E-state index is 0.0544. The Balaban J connectivity index is 2.63. The Morgan fingerprint density at radius 2 is 1.95 bits per heavy atom. The highest BCUT2D eigenvalue weighted by Gasteiger charge is 2.23. The molecule has 0 aliphatic carbocycles. The van der Waals surface area contributed by atoms with Crippen LogP contribution in [0.5, 0.6) is 0 Å². The third kappa shape index (κ3) is 2.54. The van der Waals surface area contributed by atoms with Gasteiger partial charge in [-0.1, -0.05) is 0 Å². The van der Waals surface area contributed by atoms with E-state index in [1.807, 2.05) is 0 Å². The lowest BCUT2D eigenvalue weighted by molar-refractivity contribution is -0.394. The number of benzene rings is 1. The summed E-state index contributed by atoms with van der Waals surface area (Å²) in [6.07, 6.45) is 1.12. The van der Waals surface area contributed by atoms with Crippen LogP contribution in [0, 0.1) is 27.2 Å². The van der Waals surface area contributed by atoms with Gasteiger partial charge in [-0.15, -0.1) is 0 Å². The average molecular weight is 292 g/mol. The van der Waals surface area contributed by atoms with Crippen molar-refractivity contribution >= 4 is 17.3 Å². The van der Waals surface area contributed by atoms with E-state index in [9.17, 15) is 25.0 Å². The van der Waals surface area contributed by atoms with E-state index in [0.717, 1.165) is 29.1 Å². The van der Waals surface area contributed by atoms with Gasteiger partial charge >= 0.3 is 11.7 Å². The highest BCUT2D eigenvalue weighted by Crippen LogP contribution is 2.28. The fourth-order valence-corrected chi connectivity index (χ4v) is 1.76. The van der Waals surface area contributed by atoms with E-state index in [1.165, 1.54) is 6.92 Å². The first-order valence-corrected chi connectivity index (χ1v) is 5.54. The van der Waals surface area contributed by atoms with Crippen molar-refractivity contribution in [1.29, 1.82) is 0 Å². The molecule has 10 heteroatoms. The minimum atomic E-state index is -1.22. The predicted octanol–water partition coefficient (Wildman–Crippen LogP) is 1.70. The van der Waals surface area contributed by atoms with E-state index in [2.05, 4.69) is 5.10 Å². The van der Waals surface area contributed by atoms with E-state index in [-0.39, 0.29) is 16.9 Å². The number of nitrogens with zero attached hydrogens (tertiary/aromatic N) is 4. The number of aryl methyl sites for hydroxylation is 1. The topological polar surface area (TPSA) is 141 Å². The average Bonchev–Trinajstić information content (AvgIpc) is 2.80. The fourth-order valence-electron chi connectivity index (χ4n) is 1.76. The number of carboxylic acid groups (broad SMARTS) is 1. The van der Waals surface area contributed by atoms with E-state index in [0.29, 0.717) is 0 Å². The van der Waals surface area contributed by atoms with Gasteiger partial charge in [-0.25, -0.2) is 9.48 Å². The summed E-state index contributed by atoms with van der Waals surface area (Å²) in [5.74, 6) is -1.22. The number of rotatable bonds is 4. The molecule has 1 aromatic heterocycles. The van der Waals surface area contributed by atoms with Gasteiger partial charge in [0.15, 0.2) is 0 Å². The first-order valence-electron chi connectivity index (χ1n) is 5.54. The summed E-state index contributed by atoms with van der Waals surface area (Å²) in [6, 6.07) is 3.03. The number of carbonyl (C=O) groups is 1. The summed E-state index contributed by atoms with van der Waals surface area (Å²) < 4.78 is 1.01. The minimum Gasteiger partial charge on any atom is -0.478 e. The number of hydrogen-bond donors (Lipinski definition) is 1. The standard InChI is InChI=1S/C11H8N4O6/c1-6-8(11(16)17)5-13(12-6)9-3-2-7(14(18)19)4-10(9)15(20)21/h2-5H,1H3,(H,16,17). The number of aromatic nitrogens is 2. The molecule has 0 atom stereocenters. The predicted molar refractivity (Wildman–Crippen MR) is 68.6 cm³/mol. The van der Waals surface area contributed by atoms with Crippen LogP contribution in [0.15, 0.2) is 24.4 Å². The zero-order valence-corrected chi connectivity index (χ0v) is 10.6. The maximum absolute atomic E-state index is 11.0. The van der Waals surface area contributed by atoms with Gasteiger partial charge in [0.05, 0.1) is 21.6 Å². The van der Waals surface area contributed by atoms with Crippen LogP contribution in [-0.2, 0) is 0 Å². The molecule has 0 spiro atoms. The van der Waals surface area contributed by atoms with Crippen LogP contribution in [0.3, 0.4) is 0 Å². The summed E-state index contributed by atoms with van der Waals surface area (Å²) in [5, 5.41) is 34.5. The molecule has 1 heterocycles. The van der Waals surface area contributed by atoms with Gasteiger partial charge in [0.1, 0.15) is 11.3 Å². The van der Waals surface area contributed by atoms with Gasteiger partial charge in [-0.05, 0) is 13.0 Å². The first kappa shape index (κ1) is 14.1. The van der Waals surface area contributed by atoms with Gasteiger partial charge < -0.3 is 5.11 Å². The SMILES string of the molecule is Cc1nn(-c2ccc([N+](=O)[O-])cc2[N+](=O)[O-])cc1C(=O)O. The molecule has 10 nitrogen and oxygen atoms in total. The molecule has 0 amide bonds. The van der Waals surface area contributed by atoms with Crippen molar-refractivity contribution in [3.8, 4) is 5.69 Å².